The Morgan fingerprint density at radius 3 is 2.93 bits per heavy atom. The van der Waals surface area contributed by atoms with Crippen molar-refractivity contribution in [1.82, 2.24) is 9.29 Å². The van der Waals surface area contributed by atoms with Crippen LogP contribution >= 0.6 is 0 Å². The third-order valence-corrected chi connectivity index (χ3v) is 4.49. The van der Waals surface area contributed by atoms with Crippen LogP contribution in [-0.4, -0.2) is 36.8 Å². The fraction of sp³-hybridized carbons (Fsp3) is 0.556. The van der Waals surface area contributed by atoms with Crippen molar-refractivity contribution in [2.24, 2.45) is 5.73 Å². The summed E-state index contributed by atoms with van der Waals surface area (Å²) in [5.74, 6) is 0. The molecule has 1 aromatic heterocycles. The normalized spacial score (nSPS) is 24.2. The average Bonchev–Trinajstić information content (AvgIpc) is 2.71. The second-order valence-corrected chi connectivity index (χ2v) is 5.75. The summed E-state index contributed by atoms with van der Waals surface area (Å²) >= 11 is 0. The molecule has 0 aromatic carbocycles. The number of nitrogens with zero attached hydrogens (tertiary/aromatic N) is 1. The van der Waals surface area contributed by atoms with Gasteiger partial charge >= 0.3 is 0 Å². The molecule has 2 rings (SSSR count). The number of hydrogen-bond acceptors (Lipinski definition) is 3. The first kappa shape index (κ1) is 10.7. The third-order valence-electron chi connectivity index (χ3n) is 2.63. The van der Waals surface area contributed by atoms with Crippen molar-refractivity contribution in [3.63, 3.8) is 0 Å². The zero-order valence-electron chi connectivity index (χ0n) is 8.39. The van der Waals surface area contributed by atoms with Gasteiger partial charge in [0.15, 0.2) is 0 Å². The number of aromatic nitrogens is 1. The van der Waals surface area contributed by atoms with E-state index in [4.69, 9.17) is 5.73 Å². The Kier molecular flexibility index (Phi) is 2.81. The molecule has 1 saturated heterocycles. The van der Waals surface area contributed by atoms with Crippen LogP contribution in [-0.2, 0) is 10.0 Å². The van der Waals surface area contributed by atoms with E-state index in [2.05, 4.69) is 4.98 Å². The highest BCUT2D eigenvalue weighted by Crippen LogP contribution is 2.19. The van der Waals surface area contributed by atoms with E-state index in [1.165, 1.54) is 10.5 Å². The van der Waals surface area contributed by atoms with Crippen LogP contribution in [0.2, 0.25) is 0 Å². The molecule has 5 nitrogen and oxygen atoms in total. The molecule has 1 fully saturated rings. The lowest BCUT2D eigenvalue weighted by Crippen LogP contribution is -2.45. The van der Waals surface area contributed by atoms with Crippen LogP contribution in [0, 0.1) is 0 Å². The number of rotatable bonds is 2. The second kappa shape index (κ2) is 3.96. The zero-order chi connectivity index (χ0) is 10.9. The van der Waals surface area contributed by atoms with Gasteiger partial charge in [-0.25, -0.2) is 8.42 Å². The summed E-state index contributed by atoms with van der Waals surface area (Å²) < 4.78 is 25.6. The molecule has 1 aromatic rings. The van der Waals surface area contributed by atoms with Crippen LogP contribution in [0.4, 0.5) is 0 Å². The number of piperidine rings is 1. The lowest BCUT2D eigenvalue weighted by atomic mass is 10.1. The molecule has 0 unspecified atom stereocenters. The summed E-state index contributed by atoms with van der Waals surface area (Å²) in [7, 11) is -3.33. The van der Waals surface area contributed by atoms with E-state index >= 15 is 0 Å². The number of H-pyrrole nitrogens is 1. The summed E-state index contributed by atoms with van der Waals surface area (Å²) in [6.45, 7) is 0.995. The van der Waals surface area contributed by atoms with Crippen LogP contribution in [0.3, 0.4) is 0 Å². The fourth-order valence-electron chi connectivity index (χ4n) is 1.81. The Hall–Kier alpha value is -0.850. The van der Waals surface area contributed by atoms with Crippen LogP contribution in [0.25, 0.3) is 0 Å². The van der Waals surface area contributed by atoms with E-state index in [-0.39, 0.29) is 6.04 Å². The average molecular weight is 229 g/mol. The lowest BCUT2D eigenvalue weighted by Gasteiger charge is -2.29. The van der Waals surface area contributed by atoms with Gasteiger partial charge in [0.25, 0.3) is 0 Å². The van der Waals surface area contributed by atoms with E-state index in [0.29, 0.717) is 18.0 Å². The van der Waals surface area contributed by atoms with Crippen LogP contribution in [0.1, 0.15) is 12.8 Å². The van der Waals surface area contributed by atoms with Crippen molar-refractivity contribution in [2.75, 3.05) is 13.1 Å². The predicted octanol–water partition coefficient (Wildman–Crippen LogP) is 0.126. The molecule has 0 radical (unpaired) electrons. The minimum atomic E-state index is -3.33. The maximum absolute atomic E-state index is 12.0. The summed E-state index contributed by atoms with van der Waals surface area (Å²) in [6.07, 6.45) is 4.84. The zero-order valence-corrected chi connectivity index (χ0v) is 9.20. The first-order valence-corrected chi connectivity index (χ1v) is 6.43. The molecule has 1 aliphatic heterocycles. The number of hydrogen-bond donors (Lipinski definition) is 2. The SMILES string of the molecule is N[C@@H]1CCCN(S(=O)(=O)c2cc[nH]c2)C1. The third kappa shape index (κ3) is 2.06. The van der Waals surface area contributed by atoms with Gasteiger partial charge in [-0.2, -0.15) is 4.31 Å². The monoisotopic (exact) mass is 229 g/mol. The molecule has 0 aliphatic carbocycles. The predicted molar refractivity (Wildman–Crippen MR) is 56.8 cm³/mol. The molecule has 1 atom stereocenters. The number of nitrogens with one attached hydrogen (secondary N) is 1. The van der Waals surface area contributed by atoms with Crippen LogP contribution < -0.4 is 5.73 Å². The van der Waals surface area contributed by atoms with Gasteiger partial charge in [-0.3, -0.25) is 0 Å². The van der Waals surface area contributed by atoms with Crippen LogP contribution in [0.5, 0.6) is 0 Å². The van der Waals surface area contributed by atoms with Crippen molar-refractivity contribution in [3.8, 4) is 0 Å². The minimum absolute atomic E-state index is 0.0348. The van der Waals surface area contributed by atoms with Gasteiger partial charge < -0.3 is 10.7 Å². The van der Waals surface area contributed by atoms with Crippen LogP contribution in [0.15, 0.2) is 23.4 Å². The maximum Gasteiger partial charge on any atom is 0.244 e. The highest BCUT2D eigenvalue weighted by molar-refractivity contribution is 7.89. The Bertz CT molecular complexity index is 413. The van der Waals surface area contributed by atoms with Crippen molar-refractivity contribution in [1.29, 1.82) is 0 Å². The van der Waals surface area contributed by atoms with E-state index in [1.807, 2.05) is 0 Å². The first-order valence-electron chi connectivity index (χ1n) is 4.99. The highest BCUT2D eigenvalue weighted by atomic mass is 32.2. The van der Waals surface area contributed by atoms with Crippen molar-refractivity contribution < 1.29 is 8.42 Å². The van der Waals surface area contributed by atoms with Gasteiger partial charge in [0.2, 0.25) is 10.0 Å². The van der Waals surface area contributed by atoms with E-state index in [9.17, 15) is 8.42 Å². The molecular formula is C9H15N3O2S. The molecule has 0 bridgehead atoms. The van der Waals surface area contributed by atoms with E-state index < -0.39 is 10.0 Å². The van der Waals surface area contributed by atoms with Gasteiger partial charge in [0, 0.05) is 31.5 Å². The van der Waals surface area contributed by atoms with E-state index in [1.54, 1.807) is 12.3 Å². The molecule has 15 heavy (non-hydrogen) atoms. The lowest BCUT2D eigenvalue weighted by molar-refractivity contribution is 0.316. The largest absolute Gasteiger partial charge is 0.366 e. The topological polar surface area (TPSA) is 79.2 Å². The van der Waals surface area contributed by atoms with Gasteiger partial charge in [0.05, 0.1) is 4.90 Å². The number of nitrogens with two attached hydrogens (primary N) is 1. The minimum Gasteiger partial charge on any atom is -0.366 e. The second-order valence-electron chi connectivity index (χ2n) is 3.81. The Labute approximate surface area is 89.3 Å². The first-order chi connectivity index (χ1) is 7.10. The van der Waals surface area contributed by atoms with Crippen molar-refractivity contribution in [3.05, 3.63) is 18.5 Å². The summed E-state index contributed by atoms with van der Waals surface area (Å²) in [5, 5.41) is 0. The standard InChI is InChI=1S/C9H15N3O2S/c10-8-2-1-5-12(7-8)15(13,14)9-3-4-11-6-9/h3-4,6,8,11H,1-2,5,7,10H2/t8-/m1/s1. The molecule has 0 spiro atoms. The molecule has 6 heteroatoms. The molecule has 84 valence electrons. The molecule has 2 heterocycles. The number of sulfonamides is 1. The summed E-state index contributed by atoms with van der Waals surface area (Å²) in [5.41, 5.74) is 5.76. The van der Waals surface area contributed by atoms with Gasteiger partial charge in [-0.05, 0) is 18.9 Å². The maximum atomic E-state index is 12.0. The quantitative estimate of drug-likeness (QED) is 0.756. The summed E-state index contributed by atoms with van der Waals surface area (Å²) in [6, 6.07) is 1.53. The fourth-order valence-corrected chi connectivity index (χ4v) is 3.32. The Morgan fingerprint density at radius 1 is 1.53 bits per heavy atom. The van der Waals surface area contributed by atoms with Crippen molar-refractivity contribution >= 4 is 10.0 Å². The Morgan fingerprint density at radius 2 is 2.33 bits per heavy atom. The highest BCUT2D eigenvalue weighted by Gasteiger charge is 2.28. The molecule has 1 aliphatic rings. The van der Waals surface area contributed by atoms with Gasteiger partial charge in [0.1, 0.15) is 0 Å². The van der Waals surface area contributed by atoms with Crippen molar-refractivity contribution in [2.45, 2.75) is 23.8 Å². The van der Waals surface area contributed by atoms with Gasteiger partial charge in [-0.15, -0.1) is 0 Å². The molecule has 0 saturated carbocycles. The smallest absolute Gasteiger partial charge is 0.244 e. The molecular weight excluding hydrogens is 214 g/mol. The van der Waals surface area contributed by atoms with Gasteiger partial charge in [-0.1, -0.05) is 0 Å². The molecule has 3 N–H and O–H groups in total. The molecule has 0 amide bonds. The number of aromatic amines is 1. The Balaban J connectivity index is 2.22. The summed E-state index contributed by atoms with van der Waals surface area (Å²) in [4.78, 5) is 3.07. The van der Waals surface area contributed by atoms with E-state index in [0.717, 1.165) is 12.8 Å².